The van der Waals surface area contributed by atoms with Crippen molar-refractivity contribution in [3.05, 3.63) is 64.9 Å². The van der Waals surface area contributed by atoms with E-state index in [4.69, 9.17) is 17.1 Å². The van der Waals surface area contributed by atoms with Crippen LogP contribution >= 0.6 is 12.2 Å². The minimum Gasteiger partial charge on any atom is -0.416 e. The highest BCUT2D eigenvalue weighted by atomic mass is 32.1. The Morgan fingerprint density at radius 2 is 1.70 bits per heavy atom. The molecule has 2 aromatic rings. The Balaban J connectivity index is 0.000000204. The lowest BCUT2D eigenvalue weighted by Gasteiger charge is -2.16. The second-order valence-corrected chi connectivity index (χ2v) is 5.17. The molecule has 0 amide bonds. The monoisotopic (exact) mass is 289 g/mol. The second kappa shape index (κ2) is 7.60. The minimum atomic E-state index is -0.346. The topological polar surface area (TPSA) is 31.2 Å². The number of hydrogen-bond donors (Lipinski definition) is 0. The van der Waals surface area contributed by atoms with Crippen molar-refractivity contribution >= 4 is 18.5 Å². The summed E-state index contributed by atoms with van der Waals surface area (Å²) < 4.78 is 2.20. The number of nitrogens with zero attached hydrogens (tertiary/aromatic N) is 1. The summed E-state index contributed by atoms with van der Waals surface area (Å²) in [5.74, 6) is 0. The lowest BCUT2D eigenvalue weighted by molar-refractivity contribution is -0.111. The van der Waals surface area contributed by atoms with E-state index in [1.807, 2.05) is 56.3 Å². The van der Waals surface area contributed by atoms with Gasteiger partial charge < -0.3 is 9.63 Å². The van der Waals surface area contributed by atoms with Crippen LogP contribution in [0.2, 0.25) is 0 Å². The summed E-state index contributed by atoms with van der Waals surface area (Å²) in [7, 11) is 1.58. The molecule has 0 saturated carbocycles. The maximum atomic E-state index is 10.6. The summed E-state index contributed by atoms with van der Waals surface area (Å²) in [6.07, 6.45) is 2.74. The van der Waals surface area contributed by atoms with Crippen molar-refractivity contribution in [3.63, 3.8) is 0 Å². The van der Waals surface area contributed by atoms with Crippen molar-refractivity contribution in [2.75, 3.05) is 7.11 Å². The zero-order chi connectivity index (χ0) is 15.0. The third kappa shape index (κ3) is 4.63. The first-order chi connectivity index (χ1) is 9.51. The maximum Gasteiger partial charge on any atom is 0.142 e. The standard InChI is InChI=1S/C10H12O.C6H7NOS/c1-10(2,8-11)9-6-4-3-5-7-9;1-8-7-5-3-2-4-6(7)9/h3-8H,1-2H3;2-5H,1H3. The predicted octanol–water partition coefficient (Wildman–Crippen LogP) is 3.44. The number of carbonyl (C=O) groups excluding carboxylic acids is 1. The molecule has 0 fully saturated rings. The van der Waals surface area contributed by atoms with Gasteiger partial charge in [0.1, 0.15) is 18.0 Å². The Morgan fingerprint density at radius 3 is 2.15 bits per heavy atom. The van der Waals surface area contributed by atoms with Crippen LogP contribution in [0.3, 0.4) is 0 Å². The molecular formula is C16H19NO2S. The fraction of sp³-hybridized carbons (Fsp3) is 0.250. The number of benzene rings is 1. The van der Waals surface area contributed by atoms with Gasteiger partial charge in [-0.15, -0.1) is 0 Å². The SMILES string of the molecule is CC(C)(C=O)c1ccccc1.COn1ccccc1=S. The van der Waals surface area contributed by atoms with E-state index in [1.165, 1.54) is 4.73 Å². The normalized spacial score (nSPS) is 10.2. The molecule has 1 aromatic carbocycles. The Bertz CT molecular complexity index is 591. The van der Waals surface area contributed by atoms with E-state index in [0.29, 0.717) is 4.64 Å². The molecule has 1 heterocycles. The van der Waals surface area contributed by atoms with Crippen molar-refractivity contribution < 1.29 is 9.63 Å². The van der Waals surface area contributed by atoms with Gasteiger partial charge in [-0.1, -0.05) is 48.6 Å². The smallest absolute Gasteiger partial charge is 0.142 e. The van der Waals surface area contributed by atoms with E-state index in [-0.39, 0.29) is 5.41 Å². The molecular weight excluding hydrogens is 270 g/mol. The molecule has 0 aliphatic carbocycles. The Kier molecular flexibility index (Phi) is 6.12. The fourth-order valence-corrected chi connectivity index (χ4v) is 1.71. The van der Waals surface area contributed by atoms with Crippen LogP contribution in [0.25, 0.3) is 0 Å². The van der Waals surface area contributed by atoms with Crippen molar-refractivity contribution in [2.45, 2.75) is 19.3 Å². The first-order valence-corrected chi connectivity index (χ1v) is 6.66. The van der Waals surface area contributed by atoms with E-state index >= 15 is 0 Å². The zero-order valence-corrected chi connectivity index (χ0v) is 12.8. The van der Waals surface area contributed by atoms with E-state index in [9.17, 15) is 4.79 Å². The van der Waals surface area contributed by atoms with Crippen molar-refractivity contribution in [2.24, 2.45) is 0 Å². The molecule has 0 atom stereocenters. The highest BCUT2D eigenvalue weighted by Gasteiger charge is 2.17. The maximum absolute atomic E-state index is 10.6. The van der Waals surface area contributed by atoms with Gasteiger partial charge >= 0.3 is 0 Å². The van der Waals surface area contributed by atoms with Crippen LogP contribution in [0.4, 0.5) is 0 Å². The highest BCUT2D eigenvalue weighted by molar-refractivity contribution is 7.71. The van der Waals surface area contributed by atoms with Crippen LogP contribution in [0, 0.1) is 4.64 Å². The van der Waals surface area contributed by atoms with Crippen LogP contribution in [0.1, 0.15) is 19.4 Å². The molecule has 4 heteroatoms. The number of aldehydes is 1. The van der Waals surface area contributed by atoms with Crippen molar-refractivity contribution in [1.82, 2.24) is 4.73 Å². The third-order valence-corrected chi connectivity index (χ3v) is 3.11. The van der Waals surface area contributed by atoms with Gasteiger partial charge in [-0.25, -0.2) is 0 Å². The Labute approximate surface area is 124 Å². The van der Waals surface area contributed by atoms with E-state index < -0.39 is 0 Å². The number of hydrogen-bond acceptors (Lipinski definition) is 3. The molecule has 0 bridgehead atoms. The average Bonchev–Trinajstić information content (AvgIpc) is 2.49. The van der Waals surface area contributed by atoms with Crippen LogP contribution < -0.4 is 4.84 Å². The molecule has 20 heavy (non-hydrogen) atoms. The van der Waals surface area contributed by atoms with Crippen LogP contribution in [0.5, 0.6) is 0 Å². The molecule has 0 unspecified atom stereocenters. The summed E-state index contributed by atoms with van der Waals surface area (Å²) in [6, 6.07) is 15.3. The van der Waals surface area contributed by atoms with Gasteiger partial charge in [0, 0.05) is 11.6 Å². The van der Waals surface area contributed by atoms with E-state index in [2.05, 4.69) is 0 Å². The van der Waals surface area contributed by atoms with Crippen LogP contribution in [-0.4, -0.2) is 18.1 Å². The first-order valence-electron chi connectivity index (χ1n) is 6.25. The molecule has 0 N–H and O–H groups in total. The van der Waals surface area contributed by atoms with Gasteiger partial charge in [-0.3, -0.25) is 0 Å². The summed E-state index contributed by atoms with van der Waals surface area (Å²) in [4.78, 5) is 15.5. The fourth-order valence-electron chi connectivity index (χ4n) is 1.50. The van der Waals surface area contributed by atoms with Crippen LogP contribution in [-0.2, 0) is 10.2 Å². The molecule has 0 spiro atoms. The molecule has 0 saturated heterocycles. The number of carbonyl (C=O) groups is 1. The van der Waals surface area contributed by atoms with Gasteiger partial charge in [-0.05, 0) is 31.5 Å². The van der Waals surface area contributed by atoms with Gasteiger partial charge in [0.15, 0.2) is 0 Å². The molecule has 1 aromatic heterocycles. The zero-order valence-electron chi connectivity index (χ0n) is 11.9. The second-order valence-electron chi connectivity index (χ2n) is 4.75. The predicted molar refractivity (Wildman–Crippen MR) is 83.3 cm³/mol. The molecule has 0 radical (unpaired) electrons. The number of pyridine rings is 1. The van der Waals surface area contributed by atoms with Crippen LogP contribution in [0.15, 0.2) is 54.7 Å². The lowest BCUT2D eigenvalue weighted by atomic mass is 9.87. The lowest BCUT2D eigenvalue weighted by Crippen LogP contribution is -2.18. The molecule has 2 rings (SSSR count). The summed E-state index contributed by atoms with van der Waals surface area (Å²) in [5.41, 5.74) is 0.719. The van der Waals surface area contributed by atoms with E-state index in [0.717, 1.165) is 11.8 Å². The largest absolute Gasteiger partial charge is 0.416 e. The minimum absolute atomic E-state index is 0.346. The molecule has 106 valence electrons. The molecule has 3 nitrogen and oxygen atoms in total. The van der Waals surface area contributed by atoms with Gasteiger partial charge in [-0.2, -0.15) is 4.73 Å². The van der Waals surface area contributed by atoms with Gasteiger partial charge in [0.2, 0.25) is 0 Å². The Hall–Kier alpha value is -1.94. The summed E-state index contributed by atoms with van der Waals surface area (Å²) in [6.45, 7) is 3.82. The van der Waals surface area contributed by atoms with Gasteiger partial charge in [0.05, 0.1) is 0 Å². The quantitative estimate of drug-likeness (QED) is 0.640. The van der Waals surface area contributed by atoms with Crippen molar-refractivity contribution in [1.29, 1.82) is 0 Å². The Morgan fingerprint density at radius 1 is 1.10 bits per heavy atom. The third-order valence-electron chi connectivity index (χ3n) is 2.80. The molecule has 0 aliphatic heterocycles. The highest BCUT2D eigenvalue weighted by Crippen LogP contribution is 2.19. The molecule has 0 aliphatic rings. The summed E-state index contributed by atoms with van der Waals surface area (Å²) >= 11 is 4.89. The summed E-state index contributed by atoms with van der Waals surface area (Å²) in [5, 5.41) is 0. The number of aromatic nitrogens is 1. The first kappa shape index (κ1) is 16.1. The van der Waals surface area contributed by atoms with Gasteiger partial charge in [0.25, 0.3) is 0 Å². The number of rotatable bonds is 3. The van der Waals surface area contributed by atoms with E-state index in [1.54, 1.807) is 19.4 Å². The average molecular weight is 289 g/mol. The van der Waals surface area contributed by atoms with Crippen molar-refractivity contribution in [3.8, 4) is 0 Å².